The van der Waals surface area contributed by atoms with Crippen LogP contribution in [0.3, 0.4) is 0 Å². The van der Waals surface area contributed by atoms with E-state index < -0.39 is 15.7 Å². The molecule has 0 radical (unpaired) electrons. The van der Waals surface area contributed by atoms with E-state index in [-0.39, 0.29) is 21.6 Å². The number of aromatic nitrogens is 2. The van der Waals surface area contributed by atoms with Crippen molar-refractivity contribution in [3.05, 3.63) is 34.1 Å². The third kappa shape index (κ3) is 3.38. The Morgan fingerprint density at radius 3 is 2.75 bits per heavy atom. The van der Waals surface area contributed by atoms with Crippen LogP contribution in [0.4, 0.5) is 5.13 Å². The van der Waals surface area contributed by atoms with Crippen molar-refractivity contribution < 1.29 is 13.2 Å². The average Bonchev–Trinajstić information content (AvgIpc) is 3.11. The van der Waals surface area contributed by atoms with Gasteiger partial charge in [0.05, 0.1) is 16.2 Å². The highest BCUT2D eigenvalue weighted by atomic mass is 79.9. The summed E-state index contributed by atoms with van der Waals surface area (Å²) in [5, 5.41) is 3.04. The number of hydrogen-bond donors (Lipinski definition) is 1. The first-order valence-electron chi connectivity index (χ1n) is 7.43. The molecule has 1 saturated carbocycles. The maximum absolute atomic E-state index is 12.5. The molecular formula is C15H16BrN3O3S2. The number of halogens is 1. The average molecular weight is 430 g/mol. The number of benzene rings is 1. The zero-order valence-electron chi connectivity index (χ0n) is 13.2. The fraction of sp³-hybridized carbons (Fsp3) is 0.400. The lowest BCUT2D eigenvalue weighted by Gasteiger charge is -2.09. The van der Waals surface area contributed by atoms with Gasteiger partial charge in [-0.05, 0) is 31.0 Å². The molecule has 24 heavy (non-hydrogen) atoms. The number of rotatable bonds is 5. The van der Waals surface area contributed by atoms with Crippen molar-refractivity contribution in [2.24, 2.45) is 0 Å². The molecule has 1 N–H and O–H groups in total. The highest BCUT2D eigenvalue weighted by molar-refractivity contribution is 9.10. The van der Waals surface area contributed by atoms with E-state index in [1.54, 1.807) is 13.0 Å². The summed E-state index contributed by atoms with van der Waals surface area (Å²) in [5.74, 6) is 0.156. The van der Waals surface area contributed by atoms with Crippen molar-refractivity contribution in [2.45, 2.75) is 37.0 Å². The number of hydrogen-bond acceptors (Lipinski definition) is 6. The molecule has 1 fully saturated rings. The Balaban J connectivity index is 1.89. The molecule has 1 aliphatic rings. The molecule has 0 spiro atoms. The second kappa shape index (κ2) is 6.20. The van der Waals surface area contributed by atoms with Gasteiger partial charge in [-0.1, -0.05) is 29.8 Å². The fourth-order valence-corrected chi connectivity index (χ4v) is 4.52. The minimum atomic E-state index is -3.52. The van der Waals surface area contributed by atoms with Crippen molar-refractivity contribution in [3.8, 4) is 0 Å². The molecule has 2 aromatic rings. The molecule has 128 valence electrons. The van der Waals surface area contributed by atoms with Crippen LogP contribution in [0.25, 0.3) is 0 Å². The summed E-state index contributed by atoms with van der Waals surface area (Å²) in [6.07, 6.45) is 2.09. The Labute approximate surface area is 152 Å². The van der Waals surface area contributed by atoms with Gasteiger partial charge in [0, 0.05) is 21.4 Å². The molecule has 3 rings (SSSR count). The van der Waals surface area contributed by atoms with Crippen LogP contribution in [-0.2, 0) is 15.3 Å². The van der Waals surface area contributed by atoms with Crippen LogP contribution >= 0.6 is 27.5 Å². The monoisotopic (exact) mass is 429 g/mol. The summed E-state index contributed by atoms with van der Waals surface area (Å²) < 4.78 is 29.4. The first kappa shape index (κ1) is 17.5. The molecular weight excluding hydrogens is 414 g/mol. The Morgan fingerprint density at radius 1 is 1.42 bits per heavy atom. The van der Waals surface area contributed by atoms with Gasteiger partial charge in [0.25, 0.3) is 5.91 Å². The molecule has 1 aromatic heterocycles. The van der Waals surface area contributed by atoms with E-state index in [0.29, 0.717) is 9.60 Å². The minimum Gasteiger partial charge on any atom is -0.297 e. The van der Waals surface area contributed by atoms with Gasteiger partial charge < -0.3 is 0 Å². The van der Waals surface area contributed by atoms with Gasteiger partial charge in [-0.25, -0.2) is 13.4 Å². The van der Waals surface area contributed by atoms with Crippen molar-refractivity contribution in [2.75, 3.05) is 11.1 Å². The zero-order chi connectivity index (χ0) is 17.5. The van der Waals surface area contributed by atoms with E-state index in [9.17, 15) is 13.2 Å². The minimum absolute atomic E-state index is 0.00997. The van der Waals surface area contributed by atoms with E-state index in [4.69, 9.17) is 0 Å². The largest absolute Gasteiger partial charge is 0.297 e. The SMILES string of the molecule is CCS(=O)(=O)c1cc(Br)ccc1C(=O)Nc1nc(C2(C)CC2)ns1. The van der Waals surface area contributed by atoms with Crippen LogP contribution in [0.2, 0.25) is 0 Å². The van der Waals surface area contributed by atoms with E-state index in [0.717, 1.165) is 30.2 Å². The van der Waals surface area contributed by atoms with E-state index in [1.165, 1.54) is 12.1 Å². The standard InChI is InChI=1S/C15H16BrN3O3S2/c1-3-24(21,22)11-8-9(16)4-5-10(11)12(20)17-14-18-13(19-23-14)15(2)6-7-15/h4-5,8H,3,6-7H2,1-2H3,(H,17,18,19,20). The van der Waals surface area contributed by atoms with E-state index in [1.807, 2.05) is 0 Å². The molecule has 6 nitrogen and oxygen atoms in total. The maximum atomic E-state index is 12.5. The van der Waals surface area contributed by atoms with Crippen LogP contribution in [0.1, 0.15) is 42.9 Å². The molecule has 0 aliphatic heterocycles. The van der Waals surface area contributed by atoms with Gasteiger partial charge in [-0.15, -0.1) is 0 Å². The first-order chi connectivity index (χ1) is 11.2. The Kier molecular flexibility index (Phi) is 4.52. The molecule has 1 amide bonds. The molecule has 0 bridgehead atoms. The predicted octanol–water partition coefficient (Wildman–Crippen LogP) is 3.40. The van der Waals surface area contributed by atoms with Gasteiger partial charge in [-0.2, -0.15) is 4.37 Å². The number of nitrogens with one attached hydrogen (secondary N) is 1. The van der Waals surface area contributed by atoms with Gasteiger partial charge in [0.1, 0.15) is 0 Å². The summed E-state index contributed by atoms with van der Waals surface area (Å²) in [6, 6.07) is 4.58. The Morgan fingerprint density at radius 2 is 2.12 bits per heavy atom. The first-order valence-corrected chi connectivity index (χ1v) is 10.6. The van der Waals surface area contributed by atoms with Crippen LogP contribution in [-0.4, -0.2) is 29.4 Å². The van der Waals surface area contributed by atoms with Crippen LogP contribution in [0, 0.1) is 0 Å². The topological polar surface area (TPSA) is 89.0 Å². The lowest BCUT2D eigenvalue weighted by atomic mass is 10.1. The summed E-state index contributed by atoms with van der Waals surface area (Å²) in [5.41, 5.74) is 0.128. The van der Waals surface area contributed by atoms with Gasteiger partial charge in [0.15, 0.2) is 15.7 Å². The quantitative estimate of drug-likeness (QED) is 0.786. The molecule has 0 saturated heterocycles. The normalized spacial score (nSPS) is 16.0. The van der Waals surface area contributed by atoms with E-state index in [2.05, 4.69) is 37.5 Å². The highest BCUT2D eigenvalue weighted by Gasteiger charge is 2.43. The highest BCUT2D eigenvalue weighted by Crippen LogP contribution is 2.46. The predicted molar refractivity (Wildman–Crippen MR) is 96.3 cm³/mol. The molecule has 1 aliphatic carbocycles. The lowest BCUT2D eigenvalue weighted by molar-refractivity contribution is 0.102. The van der Waals surface area contributed by atoms with Crippen molar-refractivity contribution in [3.63, 3.8) is 0 Å². The fourth-order valence-electron chi connectivity index (χ4n) is 2.19. The van der Waals surface area contributed by atoms with Gasteiger partial charge >= 0.3 is 0 Å². The smallest absolute Gasteiger partial charge is 0.258 e. The van der Waals surface area contributed by atoms with Crippen LogP contribution in [0.5, 0.6) is 0 Å². The summed E-state index contributed by atoms with van der Waals surface area (Å²) in [7, 11) is -3.52. The summed E-state index contributed by atoms with van der Waals surface area (Å²) in [6.45, 7) is 3.63. The third-order valence-corrected chi connectivity index (χ3v) is 6.98. The number of sulfone groups is 1. The lowest BCUT2D eigenvalue weighted by Crippen LogP contribution is -2.17. The molecule has 9 heteroatoms. The molecule has 1 aromatic carbocycles. The molecule has 0 atom stereocenters. The Bertz CT molecular complexity index is 904. The van der Waals surface area contributed by atoms with Crippen molar-refractivity contribution in [1.29, 1.82) is 0 Å². The Hall–Kier alpha value is -1.32. The molecule has 1 heterocycles. The van der Waals surface area contributed by atoms with Crippen molar-refractivity contribution >= 4 is 48.3 Å². The number of amides is 1. The van der Waals surface area contributed by atoms with Crippen LogP contribution < -0.4 is 5.32 Å². The van der Waals surface area contributed by atoms with E-state index >= 15 is 0 Å². The third-order valence-electron chi connectivity index (χ3n) is 4.09. The summed E-state index contributed by atoms with van der Waals surface area (Å²) in [4.78, 5) is 16.9. The zero-order valence-corrected chi connectivity index (χ0v) is 16.4. The second-order valence-corrected chi connectivity index (χ2v) is 9.90. The second-order valence-electron chi connectivity index (χ2n) is 5.98. The van der Waals surface area contributed by atoms with Crippen LogP contribution in [0.15, 0.2) is 27.6 Å². The number of nitrogens with zero attached hydrogens (tertiary/aromatic N) is 2. The number of carbonyl (C=O) groups excluding carboxylic acids is 1. The maximum Gasteiger partial charge on any atom is 0.258 e. The van der Waals surface area contributed by atoms with Crippen molar-refractivity contribution in [1.82, 2.24) is 9.36 Å². The van der Waals surface area contributed by atoms with Gasteiger partial charge in [-0.3, -0.25) is 10.1 Å². The number of carbonyl (C=O) groups is 1. The van der Waals surface area contributed by atoms with Gasteiger partial charge in [0.2, 0.25) is 5.13 Å². The number of anilines is 1. The summed E-state index contributed by atoms with van der Waals surface area (Å²) >= 11 is 4.36. The molecule has 0 unspecified atom stereocenters.